The number of hydrazone groups is 1. The summed E-state index contributed by atoms with van der Waals surface area (Å²) in [5.41, 5.74) is 5.35. The number of anilines is 1. The number of ether oxygens (including phenoxy) is 1. The topological polar surface area (TPSA) is 101 Å². The zero-order valence-electron chi connectivity index (χ0n) is 20.3. The maximum atomic E-state index is 13.4. The normalized spacial score (nSPS) is 24.1. The van der Waals surface area contributed by atoms with Gasteiger partial charge in [0.15, 0.2) is 0 Å². The van der Waals surface area contributed by atoms with Gasteiger partial charge in [-0.15, -0.1) is 0 Å². The number of benzene rings is 1. The van der Waals surface area contributed by atoms with E-state index in [1.54, 1.807) is 19.1 Å². The smallest absolute Gasteiger partial charge is 0.230 e. The van der Waals surface area contributed by atoms with Crippen molar-refractivity contribution in [3.8, 4) is 0 Å². The SMILES string of the molecule is CC(=NC1=NC(Nc2ccccc2)N=C(N2CCN(C)CC2)N1)N/N=C(/C)C1=CCOC(F)C=C1. The Morgan fingerprint density at radius 1 is 1.14 bits per heavy atom. The van der Waals surface area contributed by atoms with Crippen LogP contribution in [0, 0.1) is 0 Å². The van der Waals surface area contributed by atoms with Gasteiger partial charge in [0.2, 0.25) is 24.6 Å². The molecule has 0 aromatic heterocycles. The van der Waals surface area contributed by atoms with E-state index >= 15 is 0 Å². The van der Waals surface area contributed by atoms with Gasteiger partial charge in [0.05, 0.1) is 12.3 Å². The Hall–Kier alpha value is -3.57. The molecular formula is C24H32FN9O. The van der Waals surface area contributed by atoms with Crippen LogP contribution in [0.1, 0.15) is 13.8 Å². The number of alkyl halides is 1. The fraction of sp³-hybridized carbons (Fsp3) is 0.417. The molecule has 10 nitrogen and oxygen atoms in total. The monoisotopic (exact) mass is 481 g/mol. The number of hydrogen-bond donors (Lipinski definition) is 3. The Bertz CT molecular complexity index is 1060. The van der Waals surface area contributed by atoms with Gasteiger partial charge >= 0.3 is 0 Å². The minimum atomic E-state index is -1.41. The highest BCUT2D eigenvalue weighted by atomic mass is 19.1. The first kappa shape index (κ1) is 24.6. The number of guanidine groups is 2. The molecule has 2 unspecified atom stereocenters. The van der Waals surface area contributed by atoms with Crippen molar-refractivity contribution in [1.82, 2.24) is 20.5 Å². The van der Waals surface area contributed by atoms with Crippen LogP contribution >= 0.6 is 0 Å². The first-order chi connectivity index (χ1) is 17.0. The quantitative estimate of drug-likeness (QED) is 0.346. The van der Waals surface area contributed by atoms with E-state index in [2.05, 4.69) is 48.0 Å². The highest BCUT2D eigenvalue weighted by molar-refractivity contribution is 6.06. The highest BCUT2D eigenvalue weighted by Gasteiger charge is 2.23. The summed E-state index contributed by atoms with van der Waals surface area (Å²) in [4.78, 5) is 18.5. The van der Waals surface area contributed by atoms with Crippen molar-refractivity contribution in [3.63, 3.8) is 0 Å². The zero-order chi connectivity index (χ0) is 24.6. The molecule has 3 aliphatic rings. The molecule has 0 saturated carbocycles. The predicted molar refractivity (Wildman–Crippen MR) is 138 cm³/mol. The van der Waals surface area contributed by atoms with E-state index in [1.807, 2.05) is 37.3 Å². The molecule has 1 fully saturated rings. The number of amidine groups is 1. The van der Waals surface area contributed by atoms with Gasteiger partial charge in [0.1, 0.15) is 5.84 Å². The second-order valence-electron chi connectivity index (χ2n) is 8.41. The number of aliphatic imine (C=N–C) groups is 3. The van der Waals surface area contributed by atoms with Crippen molar-refractivity contribution < 1.29 is 9.13 Å². The van der Waals surface area contributed by atoms with Crippen molar-refractivity contribution in [2.75, 3.05) is 45.2 Å². The van der Waals surface area contributed by atoms with Crippen molar-refractivity contribution in [2.24, 2.45) is 20.1 Å². The van der Waals surface area contributed by atoms with E-state index < -0.39 is 12.6 Å². The Labute approximate surface area is 205 Å². The van der Waals surface area contributed by atoms with Gasteiger partial charge < -0.3 is 19.9 Å². The molecule has 1 aromatic carbocycles. The lowest BCUT2D eigenvalue weighted by molar-refractivity contribution is 0.0141. The lowest BCUT2D eigenvalue weighted by Gasteiger charge is -2.36. The molecule has 0 bridgehead atoms. The number of halogens is 1. The Kier molecular flexibility index (Phi) is 8.22. The summed E-state index contributed by atoms with van der Waals surface area (Å²) in [7, 11) is 2.12. The molecule has 0 spiro atoms. The molecule has 4 rings (SSSR count). The van der Waals surface area contributed by atoms with Crippen LogP contribution in [-0.2, 0) is 4.74 Å². The number of allylic oxidation sites excluding steroid dienone is 2. The third kappa shape index (κ3) is 7.20. The summed E-state index contributed by atoms with van der Waals surface area (Å²) >= 11 is 0. The molecule has 0 amide bonds. The van der Waals surface area contributed by atoms with E-state index in [4.69, 9.17) is 9.73 Å². The molecule has 11 heteroatoms. The molecule has 3 aliphatic heterocycles. The van der Waals surface area contributed by atoms with Crippen LogP contribution in [0.15, 0.2) is 74.2 Å². The standard InChI is InChI=1S/C24H32FN9O/c1-17(19-9-10-21(25)35-16-11-19)31-32-18(2)26-22-28-23(27-20-7-5-4-6-8-20)30-24(29-22)34-14-12-33(3)13-15-34/h4-11,21,23,27H,12-16H2,1-3H3,(H2,26,28,29,30,32)/b31-17-. The van der Waals surface area contributed by atoms with Crippen molar-refractivity contribution >= 4 is 29.2 Å². The number of nitrogens with zero attached hydrogens (tertiary/aromatic N) is 6. The molecule has 2 atom stereocenters. The fourth-order valence-corrected chi connectivity index (χ4v) is 3.62. The zero-order valence-corrected chi connectivity index (χ0v) is 20.3. The van der Waals surface area contributed by atoms with Crippen molar-refractivity contribution in [3.05, 3.63) is 54.1 Å². The Morgan fingerprint density at radius 3 is 2.69 bits per heavy atom. The summed E-state index contributed by atoms with van der Waals surface area (Å²) in [5, 5.41) is 11.0. The summed E-state index contributed by atoms with van der Waals surface area (Å²) in [6.45, 7) is 7.48. The molecule has 0 radical (unpaired) electrons. The summed E-state index contributed by atoms with van der Waals surface area (Å²) in [6, 6.07) is 9.84. The Morgan fingerprint density at radius 2 is 1.91 bits per heavy atom. The van der Waals surface area contributed by atoms with Crippen LogP contribution in [0.4, 0.5) is 10.1 Å². The molecule has 186 valence electrons. The molecule has 35 heavy (non-hydrogen) atoms. The second-order valence-corrected chi connectivity index (χ2v) is 8.41. The maximum Gasteiger partial charge on any atom is 0.230 e. The third-order valence-corrected chi connectivity index (χ3v) is 5.65. The van der Waals surface area contributed by atoms with Gasteiger partial charge in [-0.2, -0.15) is 10.1 Å². The molecule has 1 aromatic rings. The lowest BCUT2D eigenvalue weighted by Crippen LogP contribution is -2.54. The third-order valence-electron chi connectivity index (χ3n) is 5.65. The molecule has 3 N–H and O–H groups in total. The van der Waals surface area contributed by atoms with Crippen LogP contribution in [0.5, 0.6) is 0 Å². The van der Waals surface area contributed by atoms with E-state index in [0.717, 1.165) is 43.4 Å². The molecule has 0 aliphatic carbocycles. The van der Waals surface area contributed by atoms with Crippen LogP contribution in [0.3, 0.4) is 0 Å². The number of nitrogens with one attached hydrogen (secondary N) is 3. The average Bonchev–Trinajstić information content (AvgIpc) is 3.08. The first-order valence-corrected chi connectivity index (χ1v) is 11.6. The second kappa shape index (κ2) is 11.7. The van der Waals surface area contributed by atoms with Crippen LogP contribution < -0.4 is 16.1 Å². The van der Waals surface area contributed by atoms with E-state index in [9.17, 15) is 4.39 Å². The number of likely N-dealkylation sites (N-methyl/N-ethyl adjacent to an activating group) is 1. The van der Waals surface area contributed by atoms with E-state index in [1.165, 1.54) is 6.08 Å². The summed E-state index contributed by atoms with van der Waals surface area (Å²) < 4.78 is 18.3. The summed E-state index contributed by atoms with van der Waals surface area (Å²) in [6.07, 6.45) is 2.89. The molecule has 3 heterocycles. The minimum Gasteiger partial charge on any atom is -0.345 e. The van der Waals surface area contributed by atoms with Gasteiger partial charge in [-0.25, -0.2) is 14.4 Å². The average molecular weight is 482 g/mol. The summed E-state index contributed by atoms with van der Waals surface area (Å²) in [5.74, 6) is 1.72. The number of para-hydroxylation sites is 1. The van der Waals surface area contributed by atoms with E-state index in [0.29, 0.717) is 17.5 Å². The van der Waals surface area contributed by atoms with Gasteiger partial charge in [0, 0.05) is 31.9 Å². The lowest BCUT2D eigenvalue weighted by atomic mass is 10.1. The van der Waals surface area contributed by atoms with E-state index in [-0.39, 0.29) is 6.61 Å². The number of rotatable bonds is 4. The first-order valence-electron chi connectivity index (χ1n) is 11.6. The van der Waals surface area contributed by atoms with Crippen LogP contribution in [-0.4, -0.2) is 85.7 Å². The van der Waals surface area contributed by atoms with Crippen LogP contribution in [0.25, 0.3) is 0 Å². The molecule has 1 saturated heterocycles. The van der Waals surface area contributed by atoms with Crippen LogP contribution in [0.2, 0.25) is 0 Å². The number of piperazine rings is 1. The highest BCUT2D eigenvalue weighted by Crippen LogP contribution is 2.13. The minimum absolute atomic E-state index is 0.189. The largest absolute Gasteiger partial charge is 0.345 e. The van der Waals surface area contributed by atoms with Gasteiger partial charge in [0.25, 0.3) is 0 Å². The maximum absolute atomic E-state index is 13.4. The van der Waals surface area contributed by atoms with Gasteiger partial charge in [-0.1, -0.05) is 24.3 Å². The van der Waals surface area contributed by atoms with Crippen molar-refractivity contribution in [1.29, 1.82) is 0 Å². The number of hydrogen-bond acceptors (Lipinski definition) is 9. The molecular weight excluding hydrogens is 449 g/mol. The van der Waals surface area contributed by atoms with Gasteiger partial charge in [-0.3, -0.25) is 10.7 Å². The predicted octanol–water partition coefficient (Wildman–Crippen LogP) is 2.14. The van der Waals surface area contributed by atoms with Crippen molar-refractivity contribution in [2.45, 2.75) is 26.5 Å². The Balaban J connectivity index is 1.48. The van der Waals surface area contributed by atoms with Gasteiger partial charge in [-0.05, 0) is 50.8 Å². The fourth-order valence-electron chi connectivity index (χ4n) is 3.62.